The Morgan fingerprint density at radius 1 is 1.31 bits per heavy atom. The third kappa shape index (κ3) is 3.95. The highest BCUT2D eigenvalue weighted by molar-refractivity contribution is 5.32. The molecule has 1 unspecified atom stereocenters. The van der Waals surface area contributed by atoms with Crippen molar-refractivity contribution >= 4 is 0 Å². The van der Waals surface area contributed by atoms with Crippen LogP contribution in [0.25, 0.3) is 0 Å². The summed E-state index contributed by atoms with van der Waals surface area (Å²) in [6.45, 7) is 8.31. The lowest BCUT2D eigenvalue weighted by molar-refractivity contribution is 0.184. The SMILES string of the molecule is COCCC(C)NCc1cccc(C)c1C. The van der Waals surface area contributed by atoms with Gasteiger partial charge in [-0.2, -0.15) is 0 Å². The fourth-order valence-corrected chi connectivity index (χ4v) is 1.68. The molecule has 0 saturated carbocycles. The zero-order chi connectivity index (χ0) is 12.0. The fourth-order valence-electron chi connectivity index (χ4n) is 1.68. The van der Waals surface area contributed by atoms with Gasteiger partial charge in [0.05, 0.1) is 0 Å². The van der Waals surface area contributed by atoms with Crippen LogP contribution < -0.4 is 5.32 Å². The van der Waals surface area contributed by atoms with E-state index in [-0.39, 0.29) is 0 Å². The number of nitrogens with one attached hydrogen (secondary N) is 1. The second-order valence-electron chi connectivity index (χ2n) is 4.42. The predicted molar refractivity (Wildman–Crippen MR) is 68.7 cm³/mol. The van der Waals surface area contributed by atoms with Crippen molar-refractivity contribution in [3.63, 3.8) is 0 Å². The molecular weight excluding hydrogens is 198 g/mol. The summed E-state index contributed by atoms with van der Waals surface area (Å²) in [5.74, 6) is 0. The molecule has 0 aliphatic rings. The van der Waals surface area contributed by atoms with E-state index in [9.17, 15) is 0 Å². The second-order valence-corrected chi connectivity index (χ2v) is 4.42. The quantitative estimate of drug-likeness (QED) is 0.797. The summed E-state index contributed by atoms with van der Waals surface area (Å²) in [6, 6.07) is 6.98. The smallest absolute Gasteiger partial charge is 0.0476 e. The van der Waals surface area contributed by atoms with Crippen LogP contribution in [-0.4, -0.2) is 19.8 Å². The zero-order valence-corrected chi connectivity index (χ0v) is 10.8. The van der Waals surface area contributed by atoms with Gasteiger partial charge in [0.1, 0.15) is 0 Å². The maximum absolute atomic E-state index is 5.07. The van der Waals surface area contributed by atoms with Crippen LogP contribution in [0.3, 0.4) is 0 Å². The van der Waals surface area contributed by atoms with E-state index in [1.54, 1.807) is 7.11 Å². The molecule has 1 aromatic carbocycles. The number of rotatable bonds is 6. The van der Waals surface area contributed by atoms with Crippen LogP contribution in [0.5, 0.6) is 0 Å². The topological polar surface area (TPSA) is 21.3 Å². The molecule has 0 fully saturated rings. The van der Waals surface area contributed by atoms with E-state index in [1.165, 1.54) is 16.7 Å². The van der Waals surface area contributed by atoms with E-state index in [2.05, 4.69) is 44.3 Å². The first-order chi connectivity index (χ1) is 7.65. The Morgan fingerprint density at radius 2 is 2.06 bits per heavy atom. The van der Waals surface area contributed by atoms with Gasteiger partial charge < -0.3 is 10.1 Å². The molecule has 0 aromatic heterocycles. The molecule has 0 heterocycles. The molecule has 0 bridgehead atoms. The lowest BCUT2D eigenvalue weighted by Crippen LogP contribution is -2.27. The molecule has 0 amide bonds. The number of hydrogen-bond acceptors (Lipinski definition) is 2. The van der Waals surface area contributed by atoms with Gasteiger partial charge in [0.25, 0.3) is 0 Å². The molecule has 2 nitrogen and oxygen atoms in total. The molecule has 1 atom stereocenters. The highest BCUT2D eigenvalue weighted by Gasteiger charge is 2.03. The third-order valence-corrected chi connectivity index (χ3v) is 3.11. The molecule has 1 rings (SSSR count). The average Bonchev–Trinajstić information content (AvgIpc) is 2.28. The van der Waals surface area contributed by atoms with Gasteiger partial charge in [-0.1, -0.05) is 18.2 Å². The minimum absolute atomic E-state index is 0.500. The molecule has 0 aliphatic heterocycles. The van der Waals surface area contributed by atoms with E-state index >= 15 is 0 Å². The lowest BCUT2D eigenvalue weighted by Gasteiger charge is -2.15. The Morgan fingerprint density at radius 3 is 2.75 bits per heavy atom. The molecule has 1 aromatic rings. The number of ether oxygens (including phenoxy) is 1. The van der Waals surface area contributed by atoms with Crippen LogP contribution in [0.1, 0.15) is 30.0 Å². The van der Waals surface area contributed by atoms with E-state index in [1.807, 2.05) is 0 Å². The van der Waals surface area contributed by atoms with E-state index in [0.717, 1.165) is 19.6 Å². The second kappa shape index (κ2) is 6.66. The highest BCUT2D eigenvalue weighted by Crippen LogP contribution is 2.12. The highest BCUT2D eigenvalue weighted by atomic mass is 16.5. The van der Waals surface area contributed by atoms with Crippen molar-refractivity contribution in [1.29, 1.82) is 0 Å². The van der Waals surface area contributed by atoms with Crippen LogP contribution in [0.4, 0.5) is 0 Å². The number of aryl methyl sites for hydroxylation is 1. The molecule has 2 heteroatoms. The van der Waals surface area contributed by atoms with E-state index in [4.69, 9.17) is 4.74 Å². The van der Waals surface area contributed by atoms with Gasteiger partial charge in [0.15, 0.2) is 0 Å². The molecule has 0 aliphatic carbocycles. The van der Waals surface area contributed by atoms with Crippen molar-refractivity contribution < 1.29 is 4.74 Å². The van der Waals surface area contributed by atoms with Gasteiger partial charge in [-0.05, 0) is 43.9 Å². The van der Waals surface area contributed by atoms with Gasteiger partial charge in [0.2, 0.25) is 0 Å². The Kier molecular flexibility index (Phi) is 5.50. The van der Waals surface area contributed by atoms with E-state index < -0.39 is 0 Å². The Labute approximate surface area is 99.0 Å². The van der Waals surface area contributed by atoms with Gasteiger partial charge >= 0.3 is 0 Å². The van der Waals surface area contributed by atoms with Gasteiger partial charge in [-0.15, -0.1) is 0 Å². The minimum atomic E-state index is 0.500. The van der Waals surface area contributed by atoms with Crippen molar-refractivity contribution in [2.45, 2.75) is 39.8 Å². The maximum Gasteiger partial charge on any atom is 0.0476 e. The van der Waals surface area contributed by atoms with Crippen molar-refractivity contribution in [1.82, 2.24) is 5.32 Å². The standard InChI is InChI=1S/C14H23NO/c1-11-6-5-7-14(13(11)3)10-15-12(2)8-9-16-4/h5-7,12,15H,8-10H2,1-4H3. The van der Waals surface area contributed by atoms with Crippen molar-refractivity contribution in [3.8, 4) is 0 Å². The normalized spacial score (nSPS) is 12.8. The van der Waals surface area contributed by atoms with E-state index in [0.29, 0.717) is 6.04 Å². The summed E-state index contributed by atoms with van der Waals surface area (Å²) in [7, 11) is 1.75. The molecule has 0 radical (unpaired) electrons. The van der Waals surface area contributed by atoms with Crippen LogP contribution >= 0.6 is 0 Å². The fraction of sp³-hybridized carbons (Fsp3) is 0.571. The molecule has 0 spiro atoms. The number of benzene rings is 1. The van der Waals surface area contributed by atoms with Crippen molar-refractivity contribution in [2.75, 3.05) is 13.7 Å². The molecule has 0 saturated heterocycles. The Bertz CT molecular complexity index is 323. The van der Waals surface area contributed by atoms with Gasteiger partial charge in [-0.25, -0.2) is 0 Å². The van der Waals surface area contributed by atoms with Gasteiger partial charge in [0, 0.05) is 26.3 Å². The first kappa shape index (κ1) is 13.2. The maximum atomic E-state index is 5.07. The summed E-state index contributed by atoms with van der Waals surface area (Å²) in [5.41, 5.74) is 4.15. The molecule has 90 valence electrons. The van der Waals surface area contributed by atoms with Gasteiger partial charge in [-0.3, -0.25) is 0 Å². The lowest BCUT2D eigenvalue weighted by atomic mass is 10.0. The van der Waals surface area contributed by atoms with Crippen LogP contribution in [0.2, 0.25) is 0 Å². The zero-order valence-electron chi connectivity index (χ0n) is 10.8. The summed E-state index contributed by atoms with van der Waals surface area (Å²) >= 11 is 0. The molecule has 1 N–H and O–H groups in total. The first-order valence-corrected chi connectivity index (χ1v) is 5.92. The summed E-state index contributed by atoms with van der Waals surface area (Å²) in [4.78, 5) is 0. The van der Waals surface area contributed by atoms with Crippen molar-refractivity contribution in [3.05, 3.63) is 34.9 Å². The number of methoxy groups -OCH3 is 1. The minimum Gasteiger partial charge on any atom is -0.385 e. The summed E-state index contributed by atoms with van der Waals surface area (Å²) in [5, 5.41) is 3.52. The van der Waals surface area contributed by atoms with Crippen LogP contribution in [0, 0.1) is 13.8 Å². The number of hydrogen-bond donors (Lipinski definition) is 1. The van der Waals surface area contributed by atoms with Crippen LogP contribution in [-0.2, 0) is 11.3 Å². The summed E-state index contributed by atoms with van der Waals surface area (Å²) in [6.07, 6.45) is 1.06. The Balaban J connectivity index is 2.45. The van der Waals surface area contributed by atoms with Crippen molar-refractivity contribution in [2.24, 2.45) is 0 Å². The summed E-state index contributed by atoms with van der Waals surface area (Å²) < 4.78 is 5.07. The monoisotopic (exact) mass is 221 g/mol. The van der Waals surface area contributed by atoms with Crippen LogP contribution in [0.15, 0.2) is 18.2 Å². The Hall–Kier alpha value is -0.860. The average molecular weight is 221 g/mol. The molecular formula is C14H23NO. The first-order valence-electron chi connectivity index (χ1n) is 5.92. The molecule has 16 heavy (non-hydrogen) atoms. The predicted octanol–water partition coefficient (Wildman–Crippen LogP) is 2.82. The third-order valence-electron chi connectivity index (χ3n) is 3.11. The largest absolute Gasteiger partial charge is 0.385 e.